The maximum absolute atomic E-state index is 12.9. The smallest absolute Gasteiger partial charge is 0.264 e. The van der Waals surface area contributed by atoms with Gasteiger partial charge in [-0.3, -0.25) is 4.79 Å². The first-order valence-corrected chi connectivity index (χ1v) is 12.5. The minimum Gasteiger partial charge on any atom is -0.612 e. The van der Waals surface area contributed by atoms with Crippen molar-refractivity contribution in [2.75, 3.05) is 37.8 Å². The number of benzene rings is 1. The van der Waals surface area contributed by atoms with Gasteiger partial charge in [-0.2, -0.15) is 0 Å². The first kappa shape index (κ1) is 21.8. The van der Waals surface area contributed by atoms with Gasteiger partial charge in [0.25, 0.3) is 5.91 Å². The molecule has 162 valence electrons. The fourth-order valence-corrected chi connectivity index (χ4v) is 5.00. The number of nitrogens with zero attached hydrogens (tertiary/aromatic N) is 3. The molecule has 0 aliphatic carbocycles. The topological polar surface area (TPSA) is 92.1 Å². The first-order valence-electron chi connectivity index (χ1n) is 10.2. The number of nitrogens with one attached hydrogen (secondary N) is 2. The molecular weight excluding hydrogens is 430 g/mol. The maximum atomic E-state index is 12.9. The zero-order valence-electron chi connectivity index (χ0n) is 17.3. The zero-order valence-corrected chi connectivity index (χ0v) is 19.0. The van der Waals surface area contributed by atoms with Crippen molar-refractivity contribution >= 4 is 52.4 Å². The third-order valence-electron chi connectivity index (χ3n) is 5.00. The Balaban J connectivity index is 1.54. The Morgan fingerprint density at radius 2 is 2.13 bits per heavy atom. The van der Waals surface area contributed by atoms with E-state index in [1.165, 1.54) is 11.3 Å². The van der Waals surface area contributed by atoms with Crippen LogP contribution in [0.4, 0.5) is 5.69 Å². The fraction of sp³-hybridized carbons (Fsp3) is 0.318. The number of thiophene rings is 1. The Bertz CT molecular complexity index is 1020. The number of amides is 1. The normalized spacial score (nSPS) is 21.4. The van der Waals surface area contributed by atoms with Crippen molar-refractivity contribution in [1.82, 2.24) is 10.2 Å². The van der Waals surface area contributed by atoms with Gasteiger partial charge in [0.05, 0.1) is 11.4 Å². The third-order valence-corrected chi connectivity index (χ3v) is 7.05. The Morgan fingerprint density at radius 3 is 2.94 bits per heavy atom. The van der Waals surface area contributed by atoms with Crippen molar-refractivity contribution in [3.63, 3.8) is 0 Å². The van der Waals surface area contributed by atoms with Crippen LogP contribution >= 0.6 is 11.3 Å². The highest BCUT2D eigenvalue weighted by Gasteiger charge is 2.21. The molecule has 2 aliphatic rings. The molecule has 1 unspecified atom stereocenters. The quantitative estimate of drug-likeness (QED) is 0.696. The van der Waals surface area contributed by atoms with Crippen molar-refractivity contribution in [1.29, 1.82) is 0 Å². The second kappa shape index (κ2) is 10.2. The van der Waals surface area contributed by atoms with Gasteiger partial charge in [0, 0.05) is 55.4 Å². The van der Waals surface area contributed by atoms with Crippen LogP contribution in [-0.2, 0) is 17.7 Å². The van der Waals surface area contributed by atoms with E-state index in [0.717, 1.165) is 52.1 Å². The third kappa shape index (κ3) is 5.62. The number of rotatable bonds is 3. The lowest BCUT2D eigenvalue weighted by Gasteiger charge is -2.26. The molecule has 2 aromatic rings. The van der Waals surface area contributed by atoms with Gasteiger partial charge in [-0.25, -0.2) is 9.98 Å². The summed E-state index contributed by atoms with van der Waals surface area (Å²) in [4.78, 5) is 26.5. The monoisotopic (exact) mass is 455 g/mol. The number of carbonyl (C=O) groups excluding carboxylic acids is 1. The van der Waals surface area contributed by atoms with Crippen molar-refractivity contribution in [3.05, 3.63) is 51.7 Å². The van der Waals surface area contributed by atoms with Gasteiger partial charge >= 0.3 is 0 Å². The highest BCUT2D eigenvalue weighted by molar-refractivity contribution is 7.90. The minimum atomic E-state index is -1.06. The van der Waals surface area contributed by atoms with Gasteiger partial charge in [-0.1, -0.05) is 12.1 Å². The van der Waals surface area contributed by atoms with Gasteiger partial charge < -0.3 is 20.1 Å². The van der Waals surface area contributed by atoms with Crippen molar-refractivity contribution in [3.8, 4) is 0 Å². The Labute approximate surface area is 189 Å². The molecule has 1 saturated heterocycles. The van der Waals surface area contributed by atoms with Gasteiger partial charge in [0.1, 0.15) is 6.26 Å². The summed E-state index contributed by atoms with van der Waals surface area (Å²) in [6.07, 6.45) is 8.21. The summed E-state index contributed by atoms with van der Waals surface area (Å²) < 4.78 is 11.8. The molecule has 0 saturated carbocycles. The van der Waals surface area contributed by atoms with E-state index in [2.05, 4.69) is 26.7 Å². The largest absolute Gasteiger partial charge is 0.612 e. The number of carbonyl (C=O) groups is 1. The molecule has 2 aliphatic heterocycles. The number of allylic oxidation sites excluding steroid dienone is 1. The fourth-order valence-electron chi connectivity index (χ4n) is 3.37. The lowest BCUT2D eigenvalue weighted by Crippen LogP contribution is -2.46. The Kier molecular flexibility index (Phi) is 7.18. The predicted octanol–water partition coefficient (Wildman–Crippen LogP) is 2.99. The zero-order chi connectivity index (χ0) is 21.6. The van der Waals surface area contributed by atoms with Crippen LogP contribution in [0.1, 0.15) is 26.5 Å². The van der Waals surface area contributed by atoms with E-state index in [1.54, 1.807) is 12.5 Å². The second-order valence-electron chi connectivity index (χ2n) is 7.24. The van der Waals surface area contributed by atoms with Crippen LogP contribution in [-0.4, -0.2) is 60.0 Å². The maximum Gasteiger partial charge on any atom is 0.264 e. The van der Waals surface area contributed by atoms with E-state index in [-0.39, 0.29) is 5.91 Å². The molecule has 9 heteroatoms. The summed E-state index contributed by atoms with van der Waals surface area (Å²) in [6, 6.07) is 9.39. The molecular formula is C22H25N5O2S2. The lowest BCUT2D eigenvalue weighted by molar-refractivity contribution is 0.0740. The van der Waals surface area contributed by atoms with Gasteiger partial charge in [0.2, 0.25) is 5.96 Å². The van der Waals surface area contributed by atoms with Crippen LogP contribution in [0.5, 0.6) is 0 Å². The second-order valence-corrected chi connectivity index (χ2v) is 9.70. The molecule has 0 spiro atoms. The summed E-state index contributed by atoms with van der Waals surface area (Å²) in [5, 5.41) is 6.50. The number of hydrogen-bond donors (Lipinski definition) is 2. The number of piperazine rings is 1. The van der Waals surface area contributed by atoms with Crippen LogP contribution in [0.3, 0.4) is 0 Å². The van der Waals surface area contributed by atoms with Crippen LogP contribution in [0.25, 0.3) is 6.08 Å². The molecule has 1 fully saturated rings. The standard InChI is InChI=1S/C22H25N5O2S2/c1-31(29)18-6-4-5-17(14-18)26-22-24-8-3-2-7-19-16(15-25-22)13-20(30-19)21(28)27-11-9-23-10-12-27/h2,4-8,13-14,23H,3,9-12,15H2,1H3,(H,25,26)/b7-2-,24-8-. The van der Waals surface area contributed by atoms with E-state index >= 15 is 0 Å². The minimum absolute atomic E-state index is 0.0882. The molecule has 31 heavy (non-hydrogen) atoms. The molecule has 4 rings (SSSR count). The molecule has 1 aromatic carbocycles. The van der Waals surface area contributed by atoms with Crippen LogP contribution < -0.4 is 10.6 Å². The van der Waals surface area contributed by atoms with Crippen molar-refractivity contribution in [2.45, 2.75) is 17.9 Å². The highest BCUT2D eigenvalue weighted by atomic mass is 32.2. The molecule has 2 N–H and O–H groups in total. The number of guanidine groups is 1. The van der Waals surface area contributed by atoms with Gasteiger partial charge in [-0.15, -0.1) is 11.3 Å². The Hall–Kier alpha value is -2.46. The summed E-state index contributed by atoms with van der Waals surface area (Å²) in [7, 11) is 0. The summed E-state index contributed by atoms with van der Waals surface area (Å²) in [5.74, 6) is 0.576. The van der Waals surface area contributed by atoms with Crippen molar-refractivity contribution < 1.29 is 9.35 Å². The number of fused-ring (bicyclic) bond motifs is 1. The lowest BCUT2D eigenvalue weighted by atomic mass is 10.2. The highest BCUT2D eigenvalue weighted by Crippen LogP contribution is 2.27. The van der Waals surface area contributed by atoms with E-state index in [4.69, 9.17) is 0 Å². The predicted molar refractivity (Wildman–Crippen MR) is 129 cm³/mol. The number of hydrogen-bond acceptors (Lipinski definition) is 7. The average molecular weight is 456 g/mol. The molecule has 0 bridgehead atoms. The summed E-state index contributed by atoms with van der Waals surface area (Å²) in [5.41, 5.74) is 1.80. The SMILES string of the molecule is C[S+]([O-])c1cccc(NC2=N/Cc3cc(C(=O)N4CCNCC4)sc3/C=C\C/C=N\2)c1. The van der Waals surface area contributed by atoms with E-state index < -0.39 is 11.2 Å². The average Bonchev–Trinajstić information content (AvgIpc) is 3.20. The van der Waals surface area contributed by atoms with Crippen LogP contribution in [0, 0.1) is 0 Å². The summed E-state index contributed by atoms with van der Waals surface area (Å²) >= 11 is 0.463. The number of aliphatic imine (C=N–C) groups is 2. The molecule has 0 radical (unpaired) electrons. The van der Waals surface area contributed by atoms with E-state index in [0.29, 0.717) is 18.9 Å². The van der Waals surface area contributed by atoms with E-state index in [1.807, 2.05) is 41.3 Å². The first-order chi connectivity index (χ1) is 15.1. The molecule has 1 amide bonds. The van der Waals surface area contributed by atoms with Gasteiger partial charge in [0.15, 0.2) is 4.90 Å². The molecule has 1 aromatic heterocycles. The number of anilines is 1. The Morgan fingerprint density at radius 1 is 1.29 bits per heavy atom. The molecule has 1 atom stereocenters. The van der Waals surface area contributed by atoms with E-state index in [9.17, 15) is 9.35 Å². The van der Waals surface area contributed by atoms with Crippen LogP contribution in [0.15, 0.2) is 51.3 Å². The molecule has 3 heterocycles. The van der Waals surface area contributed by atoms with Gasteiger partial charge in [-0.05, 0) is 41.0 Å². The summed E-state index contributed by atoms with van der Waals surface area (Å²) in [6.45, 7) is 3.56. The van der Waals surface area contributed by atoms with Crippen LogP contribution in [0.2, 0.25) is 0 Å². The molecule has 7 nitrogen and oxygen atoms in total. The van der Waals surface area contributed by atoms with Crippen molar-refractivity contribution in [2.24, 2.45) is 9.98 Å².